The van der Waals surface area contributed by atoms with Crippen LogP contribution in [0.4, 0.5) is 4.39 Å². The number of rotatable bonds is 6. The summed E-state index contributed by atoms with van der Waals surface area (Å²) in [4.78, 5) is 12.7. The average Bonchev–Trinajstić information content (AvgIpc) is 2.67. The van der Waals surface area contributed by atoms with Crippen LogP contribution in [0, 0.1) is 12.7 Å². The van der Waals surface area contributed by atoms with Crippen LogP contribution < -0.4 is 5.32 Å². The van der Waals surface area contributed by atoms with Crippen molar-refractivity contribution in [3.05, 3.63) is 71.0 Å². The topological polar surface area (TPSA) is 29.1 Å². The van der Waals surface area contributed by atoms with Crippen LogP contribution in [0.1, 0.15) is 66.4 Å². The molecule has 0 saturated heterocycles. The van der Waals surface area contributed by atoms with Gasteiger partial charge in [-0.25, -0.2) is 4.39 Å². The summed E-state index contributed by atoms with van der Waals surface area (Å²) in [5.41, 5.74) is 3.10. The van der Waals surface area contributed by atoms with Crippen molar-refractivity contribution < 1.29 is 9.18 Å². The van der Waals surface area contributed by atoms with Crippen molar-refractivity contribution in [2.75, 3.05) is 0 Å². The van der Waals surface area contributed by atoms with E-state index in [1.54, 1.807) is 12.1 Å². The molecule has 0 amide bonds. The minimum absolute atomic E-state index is 0. The summed E-state index contributed by atoms with van der Waals surface area (Å²) >= 11 is 0. The van der Waals surface area contributed by atoms with Gasteiger partial charge in [-0.1, -0.05) is 43.3 Å². The Kier molecular flexibility index (Phi) is 8.00. The predicted octanol–water partition coefficient (Wildman–Crippen LogP) is 5.83. The molecule has 1 atom stereocenters. The Labute approximate surface area is 168 Å². The molecule has 4 heteroatoms. The fraction of sp³-hybridized carbons (Fsp3) is 0.435. The molecule has 146 valence electrons. The number of carbonyl (C=O) groups is 1. The number of Topliss-reactive ketones (excluding diaryl/α,β-unsaturated/α-hetero) is 1. The normalized spacial score (nSPS) is 20.6. The highest BCUT2D eigenvalue weighted by molar-refractivity contribution is 6.00. The van der Waals surface area contributed by atoms with Gasteiger partial charge in [0.1, 0.15) is 5.82 Å². The van der Waals surface area contributed by atoms with Gasteiger partial charge in [0.15, 0.2) is 5.78 Å². The first kappa shape index (κ1) is 21.6. The van der Waals surface area contributed by atoms with Gasteiger partial charge in [0, 0.05) is 11.6 Å². The Hall–Kier alpha value is -1.71. The number of carbonyl (C=O) groups excluding carboxylic acids is 1. The van der Waals surface area contributed by atoms with Gasteiger partial charge in [-0.15, -0.1) is 12.4 Å². The Morgan fingerprint density at radius 1 is 1.11 bits per heavy atom. The quantitative estimate of drug-likeness (QED) is 0.629. The number of nitrogens with one attached hydrogen (secondary N) is 1. The zero-order valence-corrected chi connectivity index (χ0v) is 16.9. The van der Waals surface area contributed by atoms with Crippen molar-refractivity contribution in [2.45, 2.75) is 64.0 Å². The summed E-state index contributed by atoms with van der Waals surface area (Å²) < 4.78 is 13.3. The van der Waals surface area contributed by atoms with E-state index in [9.17, 15) is 9.18 Å². The molecule has 1 aliphatic rings. The molecule has 1 fully saturated rings. The first-order chi connectivity index (χ1) is 12.6. The van der Waals surface area contributed by atoms with Crippen molar-refractivity contribution in [3.8, 4) is 0 Å². The summed E-state index contributed by atoms with van der Waals surface area (Å²) in [6, 6.07) is 14.9. The minimum Gasteiger partial charge on any atom is -0.304 e. The number of ketones is 1. The fourth-order valence-electron chi connectivity index (χ4n) is 4.14. The summed E-state index contributed by atoms with van der Waals surface area (Å²) in [6.45, 7) is 4.06. The van der Waals surface area contributed by atoms with Gasteiger partial charge in [-0.05, 0) is 68.2 Å². The third kappa shape index (κ3) is 5.40. The van der Waals surface area contributed by atoms with Crippen LogP contribution in [0.3, 0.4) is 0 Å². The highest BCUT2D eigenvalue weighted by Gasteiger charge is 2.27. The van der Waals surface area contributed by atoms with Crippen molar-refractivity contribution in [1.82, 2.24) is 5.32 Å². The average molecular weight is 390 g/mol. The van der Waals surface area contributed by atoms with E-state index in [0.717, 1.165) is 43.2 Å². The fourth-order valence-corrected chi connectivity index (χ4v) is 4.14. The maximum atomic E-state index is 13.3. The van der Waals surface area contributed by atoms with E-state index in [-0.39, 0.29) is 30.0 Å². The van der Waals surface area contributed by atoms with Crippen LogP contribution >= 0.6 is 12.4 Å². The van der Waals surface area contributed by atoms with Crippen molar-refractivity contribution in [2.24, 2.45) is 0 Å². The van der Waals surface area contributed by atoms with E-state index >= 15 is 0 Å². The number of aryl methyl sites for hydroxylation is 1. The monoisotopic (exact) mass is 389 g/mol. The Morgan fingerprint density at radius 3 is 2.37 bits per heavy atom. The van der Waals surface area contributed by atoms with Crippen molar-refractivity contribution >= 4 is 18.2 Å². The zero-order chi connectivity index (χ0) is 18.5. The molecular weight excluding hydrogens is 361 g/mol. The number of hydrogen-bond donors (Lipinski definition) is 1. The molecule has 2 aromatic carbocycles. The largest absolute Gasteiger partial charge is 0.304 e. The standard InChI is InChI=1S/C23H28FNO.ClH/c1-3-22(23(26)18-7-5-4-6-8-18)25-20-12-9-17(10-13-20)21-14-11-19(24)15-16(21)2;/h4-8,11,14-15,17,20,22,25H,3,9-10,12-13H2,1-2H3;1H. The van der Waals surface area contributed by atoms with Crippen LogP contribution in [0.25, 0.3) is 0 Å². The van der Waals surface area contributed by atoms with Crippen molar-refractivity contribution in [3.63, 3.8) is 0 Å². The Morgan fingerprint density at radius 2 is 1.78 bits per heavy atom. The highest BCUT2D eigenvalue weighted by Crippen LogP contribution is 2.35. The van der Waals surface area contributed by atoms with Crippen LogP contribution in [-0.2, 0) is 0 Å². The van der Waals surface area contributed by atoms with Crippen LogP contribution in [0.2, 0.25) is 0 Å². The van der Waals surface area contributed by atoms with E-state index in [2.05, 4.69) is 12.2 Å². The number of benzene rings is 2. The smallest absolute Gasteiger partial charge is 0.179 e. The lowest BCUT2D eigenvalue weighted by atomic mass is 9.80. The maximum absolute atomic E-state index is 13.3. The molecule has 1 unspecified atom stereocenters. The third-order valence-corrected chi connectivity index (χ3v) is 5.62. The van der Waals surface area contributed by atoms with Gasteiger partial charge in [0.2, 0.25) is 0 Å². The Bertz CT molecular complexity index is 741. The molecule has 2 nitrogen and oxygen atoms in total. The molecule has 0 aromatic heterocycles. The van der Waals surface area contributed by atoms with E-state index in [1.807, 2.05) is 43.3 Å². The van der Waals surface area contributed by atoms with Gasteiger partial charge in [-0.2, -0.15) is 0 Å². The van der Waals surface area contributed by atoms with E-state index in [4.69, 9.17) is 0 Å². The highest BCUT2D eigenvalue weighted by atomic mass is 35.5. The maximum Gasteiger partial charge on any atom is 0.179 e. The molecule has 27 heavy (non-hydrogen) atoms. The van der Waals surface area contributed by atoms with Gasteiger partial charge >= 0.3 is 0 Å². The molecule has 2 aromatic rings. The molecule has 1 N–H and O–H groups in total. The van der Waals surface area contributed by atoms with Gasteiger partial charge in [0.25, 0.3) is 0 Å². The molecule has 0 spiro atoms. The summed E-state index contributed by atoms with van der Waals surface area (Å²) in [6.07, 6.45) is 5.07. The molecular formula is C23H29ClFNO. The predicted molar refractivity (Wildman–Crippen MR) is 111 cm³/mol. The second-order valence-electron chi connectivity index (χ2n) is 7.41. The molecule has 1 aliphatic carbocycles. The molecule has 0 bridgehead atoms. The molecule has 0 heterocycles. The van der Waals surface area contributed by atoms with Gasteiger partial charge in [0.05, 0.1) is 6.04 Å². The summed E-state index contributed by atoms with van der Waals surface area (Å²) in [5, 5.41) is 3.59. The second kappa shape index (κ2) is 10.0. The van der Waals surface area contributed by atoms with Crippen LogP contribution in [-0.4, -0.2) is 17.9 Å². The van der Waals surface area contributed by atoms with Crippen LogP contribution in [0.15, 0.2) is 48.5 Å². The minimum atomic E-state index is -0.160. The van der Waals surface area contributed by atoms with Gasteiger partial charge < -0.3 is 5.32 Å². The van der Waals surface area contributed by atoms with Gasteiger partial charge in [-0.3, -0.25) is 4.79 Å². The van der Waals surface area contributed by atoms with E-state index in [0.29, 0.717) is 12.0 Å². The second-order valence-corrected chi connectivity index (χ2v) is 7.41. The zero-order valence-electron chi connectivity index (χ0n) is 16.1. The number of halogens is 2. The lowest BCUT2D eigenvalue weighted by molar-refractivity contribution is 0.0927. The van der Waals surface area contributed by atoms with Crippen molar-refractivity contribution in [1.29, 1.82) is 0 Å². The first-order valence-corrected chi connectivity index (χ1v) is 9.69. The van der Waals surface area contributed by atoms with E-state index in [1.165, 1.54) is 5.56 Å². The first-order valence-electron chi connectivity index (χ1n) is 9.69. The lowest BCUT2D eigenvalue weighted by Gasteiger charge is -2.32. The molecule has 0 aliphatic heterocycles. The summed E-state index contributed by atoms with van der Waals surface area (Å²) in [7, 11) is 0. The molecule has 1 saturated carbocycles. The van der Waals surface area contributed by atoms with Crippen LogP contribution in [0.5, 0.6) is 0 Å². The Balaban J connectivity index is 0.00000261. The summed E-state index contributed by atoms with van der Waals surface area (Å²) in [5.74, 6) is 0.523. The SMILES string of the molecule is CCC(NC1CCC(c2ccc(F)cc2C)CC1)C(=O)c1ccccc1.Cl. The third-order valence-electron chi connectivity index (χ3n) is 5.62. The number of hydrogen-bond acceptors (Lipinski definition) is 2. The molecule has 3 rings (SSSR count). The lowest BCUT2D eigenvalue weighted by Crippen LogP contribution is -2.44. The van der Waals surface area contributed by atoms with E-state index < -0.39 is 0 Å². The molecule has 0 radical (unpaired) electrons.